The Kier molecular flexibility index (Phi) is 4.50. The highest BCUT2D eigenvalue weighted by molar-refractivity contribution is 6.30. The van der Waals surface area contributed by atoms with Crippen molar-refractivity contribution in [3.8, 4) is 0 Å². The van der Waals surface area contributed by atoms with Crippen LogP contribution in [0.1, 0.15) is 39.5 Å². The topological polar surface area (TPSA) is 12.0 Å². The molecule has 2 rings (SSSR count). The van der Waals surface area contributed by atoms with Crippen molar-refractivity contribution in [1.82, 2.24) is 0 Å². The second kappa shape index (κ2) is 5.92. The Labute approximate surface area is 114 Å². The molecule has 1 fully saturated rings. The summed E-state index contributed by atoms with van der Waals surface area (Å²) in [6.07, 6.45) is 4.81. The molecule has 2 atom stereocenters. The fraction of sp³-hybridized carbons (Fsp3) is 0.600. The van der Waals surface area contributed by atoms with E-state index in [0.717, 1.165) is 18.8 Å². The van der Waals surface area contributed by atoms with Crippen LogP contribution in [0.4, 0.5) is 10.1 Å². The Balaban J connectivity index is 2.00. The molecule has 0 amide bonds. The Morgan fingerprint density at radius 3 is 2.78 bits per heavy atom. The van der Waals surface area contributed by atoms with Crippen LogP contribution in [0.2, 0.25) is 5.02 Å². The van der Waals surface area contributed by atoms with Gasteiger partial charge in [-0.1, -0.05) is 38.3 Å². The summed E-state index contributed by atoms with van der Waals surface area (Å²) in [5.41, 5.74) is 0.578. The maximum absolute atomic E-state index is 13.7. The third-order valence-corrected chi connectivity index (χ3v) is 4.18. The summed E-state index contributed by atoms with van der Waals surface area (Å²) in [6.45, 7) is 4.55. The first-order valence-corrected chi connectivity index (χ1v) is 7.15. The summed E-state index contributed by atoms with van der Waals surface area (Å²) < 4.78 is 13.7. The molecule has 0 radical (unpaired) electrons. The van der Waals surface area contributed by atoms with Crippen molar-refractivity contribution in [2.24, 2.45) is 11.8 Å². The minimum Gasteiger partial charge on any atom is -0.380 e. The molecule has 1 aliphatic carbocycles. The van der Waals surface area contributed by atoms with Crippen LogP contribution in [0.15, 0.2) is 18.2 Å². The van der Waals surface area contributed by atoms with Crippen molar-refractivity contribution in [3.63, 3.8) is 0 Å². The molecule has 3 heteroatoms. The number of rotatable bonds is 3. The van der Waals surface area contributed by atoms with Gasteiger partial charge < -0.3 is 5.32 Å². The predicted octanol–water partition coefficient (Wildman–Crippen LogP) is 5.11. The third kappa shape index (κ3) is 3.38. The van der Waals surface area contributed by atoms with E-state index in [-0.39, 0.29) is 5.82 Å². The standard InChI is InChI=1S/C15H21ClFN/c1-10(2)11-4-3-5-13(8-11)18-15-7-6-12(16)9-14(15)17/h6-7,9-11,13,18H,3-5,8H2,1-2H3. The molecule has 18 heavy (non-hydrogen) atoms. The molecule has 2 unspecified atom stereocenters. The van der Waals surface area contributed by atoms with E-state index in [2.05, 4.69) is 19.2 Å². The zero-order valence-electron chi connectivity index (χ0n) is 11.0. The van der Waals surface area contributed by atoms with E-state index in [4.69, 9.17) is 11.6 Å². The number of hydrogen-bond donors (Lipinski definition) is 1. The highest BCUT2D eigenvalue weighted by atomic mass is 35.5. The van der Waals surface area contributed by atoms with Crippen LogP contribution < -0.4 is 5.32 Å². The summed E-state index contributed by atoms with van der Waals surface area (Å²) in [6, 6.07) is 5.22. The molecule has 0 heterocycles. The monoisotopic (exact) mass is 269 g/mol. The maximum atomic E-state index is 13.7. The number of anilines is 1. The molecular weight excluding hydrogens is 249 g/mol. The minimum atomic E-state index is -0.255. The Morgan fingerprint density at radius 1 is 1.33 bits per heavy atom. The van der Waals surface area contributed by atoms with Crippen molar-refractivity contribution in [3.05, 3.63) is 29.0 Å². The molecule has 0 bridgehead atoms. The van der Waals surface area contributed by atoms with Gasteiger partial charge >= 0.3 is 0 Å². The first-order chi connectivity index (χ1) is 8.56. The van der Waals surface area contributed by atoms with Gasteiger partial charge in [0.15, 0.2) is 0 Å². The molecule has 1 aromatic carbocycles. The van der Waals surface area contributed by atoms with Crippen molar-refractivity contribution in [2.45, 2.75) is 45.6 Å². The van der Waals surface area contributed by atoms with Gasteiger partial charge in [0.25, 0.3) is 0 Å². The van der Waals surface area contributed by atoms with Gasteiger partial charge in [-0.15, -0.1) is 0 Å². The largest absolute Gasteiger partial charge is 0.380 e. The SMILES string of the molecule is CC(C)C1CCCC(Nc2ccc(Cl)cc2F)C1. The second-order valence-corrected chi connectivity index (χ2v) is 6.07. The highest BCUT2D eigenvalue weighted by Crippen LogP contribution is 2.32. The van der Waals surface area contributed by atoms with Gasteiger partial charge in [0, 0.05) is 11.1 Å². The Bertz CT molecular complexity index is 405. The molecule has 1 nitrogen and oxygen atoms in total. The summed E-state index contributed by atoms with van der Waals surface area (Å²) in [4.78, 5) is 0. The number of hydrogen-bond acceptors (Lipinski definition) is 1. The fourth-order valence-electron chi connectivity index (χ4n) is 2.79. The molecule has 0 spiro atoms. The lowest BCUT2D eigenvalue weighted by Crippen LogP contribution is -2.29. The van der Waals surface area contributed by atoms with Gasteiger partial charge in [-0.25, -0.2) is 4.39 Å². The average molecular weight is 270 g/mol. The van der Waals surface area contributed by atoms with Gasteiger partial charge in [-0.3, -0.25) is 0 Å². The van der Waals surface area contributed by atoms with E-state index in [1.165, 1.54) is 18.9 Å². The molecule has 0 aliphatic heterocycles. The first kappa shape index (κ1) is 13.7. The van der Waals surface area contributed by atoms with E-state index < -0.39 is 0 Å². The lowest BCUT2D eigenvalue weighted by Gasteiger charge is -2.32. The summed E-state index contributed by atoms with van der Waals surface area (Å²) >= 11 is 5.76. The zero-order chi connectivity index (χ0) is 13.1. The Morgan fingerprint density at radius 2 is 2.11 bits per heavy atom. The van der Waals surface area contributed by atoms with Gasteiger partial charge in [-0.05, 0) is 42.9 Å². The highest BCUT2D eigenvalue weighted by Gasteiger charge is 2.24. The second-order valence-electron chi connectivity index (χ2n) is 5.64. The number of benzene rings is 1. The molecule has 1 aromatic rings. The van der Waals surface area contributed by atoms with E-state index >= 15 is 0 Å². The molecule has 1 aliphatic rings. The molecule has 1 saturated carbocycles. The van der Waals surface area contributed by atoms with E-state index in [1.54, 1.807) is 12.1 Å². The van der Waals surface area contributed by atoms with Crippen molar-refractivity contribution >= 4 is 17.3 Å². The quantitative estimate of drug-likeness (QED) is 0.804. The maximum Gasteiger partial charge on any atom is 0.147 e. The van der Waals surface area contributed by atoms with Gasteiger partial charge in [-0.2, -0.15) is 0 Å². The predicted molar refractivity (Wildman–Crippen MR) is 75.6 cm³/mol. The van der Waals surface area contributed by atoms with Crippen molar-refractivity contribution in [1.29, 1.82) is 0 Å². The van der Waals surface area contributed by atoms with Crippen LogP contribution in [-0.2, 0) is 0 Å². The van der Waals surface area contributed by atoms with Crippen molar-refractivity contribution < 1.29 is 4.39 Å². The minimum absolute atomic E-state index is 0.255. The fourth-order valence-corrected chi connectivity index (χ4v) is 2.95. The van der Waals surface area contributed by atoms with Crippen LogP contribution in [0.5, 0.6) is 0 Å². The number of halogens is 2. The van der Waals surface area contributed by atoms with Gasteiger partial charge in [0.1, 0.15) is 5.82 Å². The van der Waals surface area contributed by atoms with Crippen LogP contribution in [0.25, 0.3) is 0 Å². The normalized spacial score (nSPS) is 24.3. The van der Waals surface area contributed by atoms with Gasteiger partial charge in [0.2, 0.25) is 0 Å². The summed E-state index contributed by atoms with van der Waals surface area (Å²) in [5.74, 6) is 1.21. The average Bonchev–Trinajstić information content (AvgIpc) is 2.33. The molecule has 100 valence electrons. The van der Waals surface area contributed by atoms with Crippen LogP contribution in [-0.4, -0.2) is 6.04 Å². The molecule has 0 aromatic heterocycles. The Hall–Kier alpha value is -0.760. The van der Waals surface area contributed by atoms with Crippen LogP contribution in [0, 0.1) is 17.7 Å². The van der Waals surface area contributed by atoms with Crippen LogP contribution >= 0.6 is 11.6 Å². The van der Waals surface area contributed by atoms with E-state index in [0.29, 0.717) is 22.7 Å². The lowest BCUT2D eigenvalue weighted by molar-refractivity contribution is 0.264. The van der Waals surface area contributed by atoms with E-state index in [1.807, 2.05) is 0 Å². The molecular formula is C15H21ClFN. The zero-order valence-corrected chi connectivity index (χ0v) is 11.8. The summed E-state index contributed by atoms with van der Waals surface area (Å²) in [5, 5.41) is 3.77. The molecule has 1 N–H and O–H groups in total. The smallest absolute Gasteiger partial charge is 0.147 e. The van der Waals surface area contributed by atoms with E-state index in [9.17, 15) is 4.39 Å². The first-order valence-electron chi connectivity index (χ1n) is 6.78. The summed E-state index contributed by atoms with van der Waals surface area (Å²) in [7, 11) is 0. The van der Waals surface area contributed by atoms with Crippen LogP contribution in [0.3, 0.4) is 0 Å². The van der Waals surface area contributed by atoms with Crippen molar-refractivity contribution in [2.75, 3.05) is 5.32 Å². The number of nitrogens with one attached hydrogen (secondary N) is 1. The van der Waals surface area contributed by atoms with Gasteiger partial charge in [0.05, 0.1) is 5.69 Å². The lowest BCUT2D eigenvalue weighted by atomic mass is 9.79. The molecule has 0 saturated heterocycles. The third-order valence-electron chi connectivity index (χ3n) is 3.95.